The van der Waals surface area contributed by atoms with Gasteiger partial charge >= 0.3 is 21.3 Å². The molecule has 2 saturated heterocycles. The number of H-pyrrole nitrogens is 1. The summed E-state index contributed by atoms with van der Waals surface area (Å²) in [6.07, 6.45) is -3.60. The van der Waals surface area contributed by atoms with Crippen molar-refractivity contribution in [3.05, 3.63) is 39.4 Å². The number of phosphoric acid groups is 2. The molecule has 5 heterocycles. The van der Waals surface area contributed by atoms with Gasteiger partial charge in [0.1, 0.15) is 36.6 Å². The number of nitrogens with one attached hydrogen (secondary N) is 1. The van der Waals surface area contributed by atoms with E-state index in [1.807, 2.05) is 0 Å². The van der Waals surface area contributed by atoms with Gasteiger partial charge in [0.15, 0.2) is 17.5 Å². The van der Waals surface area contributed by atoms with E-state index in [9.17, 15) is 28.7 Å². The van der Waals surface area contributed by atoms with Gasteiger partial charge in [0.25, 0.3) is 5.56 Å². The topological polar surface area (TPSA) is 312 Å². The van der Waals surface area contributed by atoms with Gasteiger partial charge in [-0.3, -0.25) is 32.5 Å². The number of hydrogen-bond donors (Lipinski definition) is 7. The molecule has 2 aliphatic heterocycles. The molecule has 9 N–H and O–H groups in total. The zero-order chi connectivity index (χ0) is 30.4. The van der Waals surface area contributed by atoms with Gasteiger partial charge in [-0.15, -0.1) is 0 Å². The Kier molecular flexibility index (Phi) is 8.36. The molecule has 2 aliphatic rings. The second-order valence-corrected chi connectivity index (χ2v) is 11.9. The van der Waals surface area contributed by atoms with Crippen LogP contribution in [0, 0.1) is 6.33 Å². The van der Waals surface area contributed by atoms with Crippen molar-refractivity contribution in [2.24, 2.45) is 0 Å². The first-order valence-electron chi connectivity index (χ1n) is 12.0. The lowest BCUT2D eigenvalue weighted by Crippen LogP contribution is -2.30. The van der Waals surface area contributed by atoms with Crippen LogP contribution < -0.4 is 22.7 Å². The number of nitrogen functional groups attached to an aromatic ring is 2. The van der Waals surface area contributed by atoms with E-state index in [1.54, 1.807) is 0 Å². The third-order valence-electron chi connectivity index (χ3n) is 6.30. The molecule has 0 amide bonds. The van der Waals surface area contributed by atoms with E-state index in [2.05, 4.69) is 30.8 Å². The maximum absolute atomic E-state index is 12.8. The van der Waals surface area contributed by atoms with Crippen LogP contribution in [0.2, 0.25) is 0 Å². The van der Waals surface area contributed by atoms with Gasteiger partial charge in [-0.05, 0) is 6.07 Å². The highest BCUT2D eigenvalue weighted by atomic mass is 31.2. The van der Waals surface area contributed by atoms with E-state index in [4.69, 9.17) is 39.8 Å². The van der Waals surface area contributed by atoms with Crippen LogP contribution in [-0.2, 0) is 32.2 Å². The monoisotopic (exact) mass is 635 g/mol. The van der Waals surface area contributed by atoms with Crippen molar-refractivity contribution in [2.45, 2.75) is 49.7 Å². The Labute approximate surface area is 233 Å². The maximum atomic E-state index is 12.8. The minimum absolute atomic E-state index is 0.0425. The predicted molar refractivity (Wildman–Crippen MR) is 136 cm³/mol. The second kappa shape index (κ2) is 11.5. The molecule has 42 heavy (non-hydrogen) atoms. The molecule has 23 heteroatoms. The number of nitrogens with zero attached hydrogens (tertiary/aromatic N) is 5. The number of phosphoric ester groups is 2. The van der Waals surface area contributed by atoms with Crippen LogP contribution in [0.1, 0.15) is 25.3 Å². The molecule has 229 valence electrons. The molecule has 3 aromatic rings. The average Bonchev–Trinajstić information content (AvgIpc) is 3.57. The fraction of sp³-hybridized carbons (Fsp3) is 0.526. The van der Waals surface area contributed by atoms with Crippen molar-refractivity contribution in [2.75, 3.05) is 24.7 Å². The van der Waals surface area contributed by atoms with Crippen LogP contribution in [0.25, 0.3) is 11.2 Å². The summed E-state index contributed by atoms with van der Waals surface area (Å²) in [4.78, 5) is 66.5. The normalized spacial score (nSPS) is 27.9. The number of anilines is 2. The van der Waals surface area contributed by atoms with Crippen LogP contribution in [0.5, 0.6) is 0 Å². The molecular formula is C19H25N8O13P2. The summed E-state index contributed by atoms with van der Waals surface area (Å²) < 4.78 is 52.4. The lowest BCUT2D eigenvalue weighted by atomic mass is 10.2. The molecule has 7 atom stereocenters. The lowest BCUT2D eigenvalue weighted by molar-refractivity contribution is -0.0559. The summed E-state index contributed by atoms with van der Waals surface area (Å²) in [7, 11) is -9.90. The van der Waals surface area contributed by atoms with Crippen molar-refractivity contribution >= 4 is 38.6 Å². The Morgan fingerprint density at radius 1 is 1.07 bits per heavy atom. The van der Waals surface area contributed by atoms with E-state index in [1.165, 1.54) is 16.8 Å². The molecule has 1 unspecified atom stereocenters. The fourth-order valence-electron chi connectivity index (χ4n) is 4.43. The molecule has 2 fully saturated rings. The van der Waals surface area contributed by atoms with Gasteiger partial charge in [-0.2, -0.15) is 9.97 Å². The van der Waals surface area contributed by atoms with E-state index >= 15 is 0 Å². The van der Waals surface area contributed by atoms with Gasteiger partial charge < -0.3 is 40.7 Å². The molecule has 0 saturated carbocycles. The first-order valence-corrected chi connectivity index (χ1v) is 15.1. The van der Waals surface area contributed by atoms with Crippen LogP contribution >= 0.6 is 15.6 Å². The number of aromatic nitrogens is 6. The van der Waals surface area contributed by atoms with E-state index in [-0.39, 0.29) is 35.8 Å². The third kappa shape index (κ3) is 6.77. The highest BCUT2D eigenvalue weighted by molar-refractivity contribution is 7.47. The summed E-state index contributed by atoms with van der Waals surface area (Å²) in [5.74, 6) is -0.247. The first-order chi connectivity index (χ1) is 19.7. The van der Waals surface area contributed by atoms with Gasteiger partial charge in [-0.1, -0.05) is 0 Å². The number of nitrogens with two attached hydrogens (primary N) is 2. The highest BCUT2D eigenvalue weighted by Crippen LogP contribution is 2.49. The number of aliphatic hydroxyl groups is 1. The van der Waals surface area contributed by atoms with Crippen LogP contribution in [0.3, 0.4) is 0 Å². The number of aliphatic hydroxyl groups excluding tert-OH is 1. The molecule has 21 nitrogen and oxygen atoms in total. The smallest absolute Gasteiger partial charge is 0.390 e. The van der Waals surface area contributed by atoms with E-state index < -0.39 is 77.0 Å². The summed E-state index contributed by atoms with van der Waals surface area (Å²) in [5, 5.41) is 10.5. The Hall–Kier alpha value is -3.07. The van der Waals surface area contributed by atoms with Crippen LogP contribution in [-0.4, -0.2) is 86.5 Å². The van der Waals surface area contributed by atoms with Crippen LogP contribution in [0.15, 0.2) is 21.9 Å². The number of rotatable bonds is 10. The molecule has 0 bridgehead atoms. The highest BCUT2D eigenvalue weighted by Gasteiger charge is 2.44. The molecule has 1 radical (unpaired) electrons. The summed E-state index contributed by atoms with van der Waals surface area (Å²) >= 11 is 0. The Morgan fingerprint density at radius 2 is 1.79 bits per heavy atom. The molecule has 0 spiro atoms. The Balaban J connectivity index is 1.25. The summed E-state index contributed by atoms with van der Waals surface area (Å²) in [5.41, 5.74) is 9.63. The van der Waals surface area contributed by atoms with Gasteiger partial charge in [0.2, 0.25) is 5.95 Å². The number of hydrogen-bond acceptors (Lipinski definition) is 15. The minimum Gasteiger partial charge on any atom is -0.390 e. The number of imidazole rings is 1. The molecule has 3 aromatic heterocycles. The largest absolute Gasteiger partial charge is 0.472 e. The predicted octanol–water partition coefficient (Wildman–Crippen LogP) is -2.11. The molecular weight excluding hydrogens is 610 g/mol. The van der Waals surface area contributed by atoms with Crippen molar-refractivity contribution in [3.63, 3.8) is 0 Å². The number of ether oxygens (including phenoxy) is 2. The van der Waals surface area contributed by atoms with Crippen molar-refractivity contribution in [3.8, 4) is 0 Å². The summed E-state index contributed by atoms with van der Waals surface area (Å²) in [6.45, 7) is -1.41. The molecule has 0 aliphatic carbocycles. The van der Waals surface area contributed by atoms with Crippen molar-refractivity contribution in [1.29, 1.82) is 0 Å². The average molecular weight is 635 g/mol. The standard InChI is InChI=1S/C19H25N8O13P2/c20-12-1-2-26(19(30)23-12)14-4-9(11(39-14)6-36-41(31,32)33)40-42(34,35)37-5-10-8(28)3-13(38-10)27-7-22-15-16(27)24-18(21)25-17(15)29/h1-2,8-11,13-14,28H,3-6H2,(H,34,35)(H2,20,23,30)(H2,31,32,33)(H3,21,24,25,29)/t8-,9-,10+,11+,13+,14+/m0/s1. The fourth-order valence-corrected chi connectivity index (χ4v) is 5.73. The minimum atomic E-state index is -4.97. The van der Waals surface area contributed by atoms with Gasteiger partial charge in [-0.25, -0.2) is 18.9 Å². The zero-order valence-electron chi connectivity index (χ0n) is 21.2. The van der Waals surface area contributed by atoms with E-state index in [0.717, 1.165) is 4.57 Å². The Bertz CT molecular complexity index is 1670. The number of fused-ring (bicyclic) bond motifs is 1. The number of aromatic amines is 1. The van der Waals surface area contributed by atoms with Crippen LogP contribution in [0.4, 0.5) is 11.8 Å². The summed E-state index contributed by atoms with van der Waals surface area (Å²) in [6, 6.07) is 1.30. The second-order valence-electron chi connectivity index (χ2n) is 9.24. The SMILES string of the molecule is Nc1ccn([C@H]2C[C@H](OP(=O)(O)OC[C@H]3O[C@@H](n4[c]nc5c(=O)[nH]c(N)nc54)C[C@@H]3O)[C@@H](COP(=O)(O)O)O2)c(=O)n1. The molecule has 5 rings (SSSR count). The quantitative estimate of drug-likeness (QED) is 0.117. The third-order valence-corrected chi connectivity index (χ3v) is 7.80. The van der Waals surface area contributed by atoms with E-state index in [0.29, 0.717) is 0 Å². The van der Waals surface area contributed by atoms with Gasteiger partial charge in [0.05, 0.1) is 19.3 Å². The van der Waals surface area contributed by atoms with Crippen molar-refractivity contribution < 1.29 is 52.0 Å². The van der Waals surface area contributed by atoms with Crippen molar-refractivity contribution in [1.82, 2.24) is 29.1 Å². The Morgan fingerprint density at radius 3 is 2.50 bits per heavy atom. The molecule has 0 aromatic carbocycles. The van der Waals surface area contributed by atoms with Gasteiger partial charge in [0, 0.05) is 19.0 Å². The first kappa shape index (κ1) is 30.4. The zero-order valence-corrected chi connectivity index (χ0v) is 23.0. The maximum Gasteiger partial charge on any atom is 0.472 e. The lowest BCUT2D eigenvalue weighted by Gasteiger charge is -2.22.